The standard InChI is InChI=1S/C10H10Cl2F3NO/c11-7-2-1-6(5-8(7)12)17-9(3-4-16)10(13,14)15/h1-2,5,9H,3-4,16H2. The molecule has 0 fully saturated rings. The van der Waals surface area contributed by atoms with Crippen LogP contribution in [0.3, 0.4) is 0 Å². The molecular weight excluding hydrogens is 278 g/mol. The molecule has 1 unspecified atom stereocenters. The summed E-state index contributed by atoms with van der Waals surface area (Å²) in [6, 6.07) is 3.93. The second kappa shape index (κ2) is 5.80. The van der Waals surface area contributed by atoms with E-state index in [1.165, 1.54) is 18.2 Å². The lowest BCUT2D eigenvalue weighted by Crippen LogP contribution is -2.36. The molecule has 0 bridgehead atoms. The predicted molar refractivity (Wildman–Crippen MR) is 60.6 cm³/mol. The van der Waals surface area contributed by atoms with E-state index in [2.05, 4.69) is 0 Å². The van der Waals surface area contributed by atoms with Gasteiger partial charge in [0, 0.05) is 12.5 Å². The Bertz CT molecular complexity index is 384. The summed E-state index contributed by atoms with van der Waals surface area (Å²) in [5.74, 6) is 0.00942. The van der Waals surface area contributed by atoms with Crippen molar-refractivity contribution in [2.75, 3.05) is 6.54 Å². The Balaban J connectivity index is 2.82. The molecule has 0 aliphatic heterocycles. The van der Waals surface area contributed by atoms with Crippen LogP contribution >= 0.6 is 23.2 Å². The summed E-state index contributed by atoms with van der Waals surface area (Å²) < 4.78 is 42.4. The number of nitrogens with two attached hydrogens (primary N) is 1. The summed E-state index contributed by atoms with van der Waals surface area (Å²) >= 11 is 11.3. The third-order valence-corrected chi connectivity index (χ3v) is 2.70. The van der Waals surface area contributed by atoms with Gasteiger partial charge in [-0.25, -0.2) is 0 Å². The fourth-order valence-electron chi connectivity index (χ4n) is 1.16. The summed E-state index contributed by atoms with van der Waals surface area (Å²) in [4.78, 5) is 0. The van der Waals surface area contributed by atoms with E-state index >= 15 is 0 Å². The van der Waals surface area contributed by atoms with E-state index in [1.807, 2.05) is 0 Å². The SMILES string of the molecule is NCCC(Oc1ccc(Cl)c(Cl)c1)C(F)(F)F. The van der Waals surface area contributed by atoms with Crippen LogP contribution < -0.4 is 10.5 Å². The van der Waals surface area contributed by atoms with E-state index in [1.54, 1.807) is 0 Å². The fourth-order valence-corrected chi connectivity index (χ4v) is 1.44. The molecule has 1 aromatic carbocycles. The van der Waals surface area contributed by atoms with Crippen molar-refractivity contribution in [1.29, 1.82) is 0 Å². The molecule has 0 aliphatic carbocycles. The zero-order valence-corrected chi connectivity index (χ0v) is 10.1. The van der Waals surface area contributed by atoms with Crippen LogP contribution in [-0.2, 0) is 0 Å². The summed E-state index contributed by atoms with van der Waals surface area (Å²) in [6.07, 6.45) is -6.72. The average molecular weight is 288 g/mol. The summed E-state index contributed by atoms with van der Waals surface area (Å²) in [7, 11) is 0. The molecular formula is C10H10Cl2F3NO. The molecule has 0 heterocycles. The molecule has 0 amide bonds. The second-order valence-electron chi connectivity index (χ2n) is 3.30. The molecule has 1 rings (SSSR count). The summed E-state index contributed by atoms with van der Waals surface area (Å²) in [5, 5.41) is 0.388. The molecule has 7 heteroatoms. The van der Waals surface area contributed by atoms with Crippen LogP contribution in [0.4, 0.5) is 13.2 Å². The van der Waals surface area contributed by atoms with Gasteiger partial charge in [-0.15, -0.1) is 0 Å². The van der Waals surface area contributed by atoms with Crippen molar-refractivity contribution in [2.45, 2.75) is 18.7 Å². The van der Waals surface area contributed by atoms with Gasteiger partial charge in [-0.05, 0) is 18.7 Å². The van der Waals surface area contributed by atoms with E-state index in [0.29, 0.717) is 0 Å². The monoisotopic (exact) mass is 287 g/mol. The van der Waals surface area contributed by atoms with E-state index in [9.17, 15) is 13.2 Å². The fraction of sp³-hybridized carbons (Fsp3) is 0.400. The highest BCUT2D eigenvalue weighted by Crippen LogP contribution is 2.30. The molecule has 0 aromatic heterocycles. The molecule has 2 nitrogen and oxygen atoms in total. The first-order valence-corrected chi connectivity index (χ1v) is 5.48. The largest absolute Gasteiger partial charge is 0.481 e. The first-order chi connectivity index (χ1) is 7.84. The van der Waals surface area contributed by atoms with Crippen LogP contribution in [0.2, 0.25) is 10.0 Å². The minimum absolute atomic E-state index is 0.00942. The van der Waals surface area contributed by atoms with Crippen LogP contribution in [0.15, 0.2) is 18.2 Å². The Morgan fingerprint density at radius 2 is 1.88 bits per heavy atom. The number of ether oxygens (including phenoxy) is 1. The highest BCUT2D eigenvalue weighted by atomic mass is 35.5. The van der Waals surface area contributed by atoms with Gasteiger partial charge in [0.05, 0.1) is 10.0 Å². The number of alkyl halides is 3. The van der Waals surface area contributed by atoms with Gasteiger partial charge in [0.25, 0.3) is 0 Å². The Morgan fingerprint density at radius 3 is 2.35 bits per heavy atom. The minimum Gasteiger partial charge on any atom is -0.481 e. The maximum atomic E-state index is 12.5. The van der Waals surface area contributed by atoms with Crippen molar-refractivity contribution in [2.24, 2.45) is 5.73 Å². The van der Waals surface area contributed by atoms with E-state index < -0.39 is 12.3 Å². The number of hydrogen-bond donors (Lipinski definition) is 1. The molecule has 0 radical (unpaired) electrons. The van der Waals surface area contributed by atoms with Crippen LogP contribution in [-0.4, -0.2) is 18.8 Å². The lowest BCUT2D eigenvalue weighted by Gasteiger charge is -2.21. The molecule has 0 spiro atoms. The Morgan fingerprint density at radius 1 is 1.24 bits per heavy atom. The van der Waals surface area contributed by atoms with Gasteiger partial charge in [0.15, 0.2) is 6.10 Å². The third kappa shape index (κ3) is 4.26. The zero-order chi connectivity index (χ0) is 13.1. The number of rotatable bonds is 4. The zero-order valence-electron chi connectivity index (χ0n) is 8.60. The molecule has 96 valence electrons. The first kappa shape index (κ1) is 14.4. The van der Waals surface area contributed by atoms with Crippen molar-refractivity contribution < 1.29 is 17.9 Å². The van der Waals surface area contributed by atoms with Gasteiger partial charge in [-0.2, -0.15) is 13.2 Å². The average Bonchev–Trinajstić information content (AvgIpc) is 2.21. The maximum Gasteiger partial charge on any atom is 0.425 e. The number of halogens is 5. The lowest BCUT2D eigenvalue weighted by atomic mass is 10.2. The molecule has 0 aliphatic rings. The highest BCUT2D eigenvalue weighted by molar-refractivity contribution is 6.42. The third-order valence-electron chi connectivity index (χ3n) is 1.96. The van der Waals surface area contributed by atoms with Crippen LogP contribution in [0.5, 0.6) is 5.75 Å². The van der Waals surface area contributed by atoms with Gasteiger partial charge in [-0.3, -0.25) is 0 Å². The number of hydrogen-bond acceptors (Lipinski definition) is 2. The summed E-state index contributed by atoms with van der Waals surface area (Å²) in [6.45, 7) is -0.120. The topological polar surface area (TPSA) is 35.2 Å². The van der Waals surface area contributed by atoms with Gasteiger partial charge >= 0.3 is 6.18 Å². The van der Waals surface area contributed by atoms with Gasteiger partial charge in [0.1, 0.15) is 5.75 Å². The minimum atomic E-state index is -4.47. The molecule has 0 saturated heterocycles. The first-order valence-electron chi connectivity index (χ1n) is 4.73. The molecule has 1 aromatic rings. The Labute approximate surface area is 106 Å². The smallest absolute Gasteiger partial charge is 0.425 e. The number of benzene rings is 1. The van der Waals surface area contributed by atoms with Gasteiger partial charge in [0.2, 0.25) is 0 Å². The van der Waals surface area contributed by atoms with Crippen LogP contribution in [0.25, 0.3) is 0 Å². The second-order valence-corrected chi connectivity index (χ2v) is 4.12. The predicted octanol–water partition coefficient (Wildman–Crippen LogP) is 3.65. The van der Waals surface area contributed by atoms with Crippen molar-refractivity contribution in [3.8, 4) is 5.75 Å². The van der Waals surface area contributed by atoms with Gasteiger partial charge < -0.3 is 10.5 Å². The molecule has 17 heavy (non-hydrogen) atoms. The van der Waals surface area contributed by atoms with Crippen molar-refractivity contribution >= 4 is 23.2 Å². The van der Waals surface area contributed by atoms with Crippen molar-refractivity contribution in [3.63, 3.8) is 0 Å². The van der Waals surface area contributed by atoms with E-state index in [4.69, 9.17) is 33.7 Å². The van der Waals surface area contributed by atoms with Crippen molar-refractivity contribution in [3.05, 3.63) is 28.2 Å². The van der Waals surface area contributed by atoms with Crippen LogP contribution in [0.1, 0.15) is 6.42 Å². The molecule has 1 atom stereocenters. The Hall–Kier alpha value is -0.650. The maximum absolute atomic E-state index is 12.5. The quantitative estimate of drug-likeness (QED) is 0.917. The van der Waals surface area contributed by atoms with Crippen LogP contribution in [0, 0.1) is 0 Å². The van der Waals surface area contributed by atoms with Gasteiger partial charge in [-0.1, -0.05) is 23.2 Å². The van der Waals surface area contributed by atoms with E-state index in [-0.39, 0.29) is 28.8 Å². The summed E-state index contributed by atoms with van der Waals surface area (Å²) in [5.41, 5.74) is 5.11. The molecule has 0 saturated carbocycles. The van der Waals surface area contributed by atoms with Crippen molar-refractivity contribution in [1.82, 2.24) is 0 Å². The normalized spacial score (nSPS) is 13.5. The van der Waals surface area contributed by atoms with E-state index in [0.717, 1.165) is 0 Å². The molecule has 2 N–H and O–H groups in total. The Kier molecular flexibility index (Phi) is 4.91. The highest BCUT2D eigenvalue weighted by Gasteiger charge is 2.41. The lowest BCUT2D eigenvalue weighted by molar-refractivity contribution is -0.196.